The Kier molecular flexibility index (Phi) is 1.30. The Morgan fingerprint density at radius 1 is 1.08 bits per heavy atom. The minimum Gasteiger partial charge on any atom is -0.306 e. The average molecular weight is 162 g/mol. The van der Waals surface area contributed by atoms with Crippen LogP contribution in [-0.2, 0) is 0 Å². The summed E-state index contributed by atoms with van der Waals surface area (Å²) in [6.07, 6.45) is 0. The summed E-state index contributed by atoms with van der Waals surface area (Å²) in [6.45, 7) is 0. The van der Waals surface area contributed by atoms with Gasteiger partial charge in [-0.1, -0.05) is 4.91 Å². The van der Waals surface area contributed by atoms with Crippen LogP contribution in [0.3, 0.4) is 0 Å². The summed E-state index contributed by atoms with van der Waals surface area (Å²) >= 11 is 0. The molecule has 0 atom stereocenters. The summed E-state index contributed by atoms with van der Waals surface area (Å²) in [5, 5.41) is 7.68. The standard InChI is InChI=1S/C7H6N4O/c8-11-9-6-3-1-5(12)2-4-7(6)10-11/h1-4H,8H2. The lowest BCUT2D eigenvalue weighted by molar-refractivity contribution is 0.720. The summed E-state index contributed by atoms with van der Waals surface area (Å²) in [6, 6.07) is 6.04. The molecule has 0 aliphatic heterocycles. The van der Waals surface area contributed by atoms with Crippen LogP contribution in [-0.4, -0.2) is 15.1 Å². The molecule has 0 amide bonds. The van der Waals surface area contributed by atoms with Gasteiger partial charge >= 0.3 is 0 Å². The predicted octanol–water partition coefficient (Wildman–Crippen LogP) is -0.495. The topological polar surface area (TPSA) is 73.8 Å². The first-order valence-electron chi connectivity index (χ1n) is 3.38. The molecule has 12 heavy (non-hydrogen) atoms. The number of nitrogens with two attached hydrogens (primary N) is 1. The predicted molar refractivity (Wildman–Crippen MR) is 43.9 cm³/mol. The van der Waals surface area contributed by atoms with Crippen LogP contribution >= 0.6 is 0 Å². The van der Waals surface area contributed by atoms with E-state index in [0.717, 1.165) is 4.91 Å². The van der Waals surface area contributed by atoms with Gasteiger partial charge in [-0.3, -0.25) is 4.79 Å². The van der Waals surface area contributed by atoms with Gasteiger partial charge in [-0.15, -0.1) is 10.2 Å². The third-order valence-corrected chi connectivity index (χ3v) is 1.49. The van der Waals surface area contributed by atoms with Crippen molar-refractivity contribution in [2.45, 2.75) is 0 Å². The summed E-state index contributed by atoms with van der Waals surface area (Å²) < 4.78 is 0. The van der Waals surface area contributed by atoms with E-state index in [-0.39, 0.29) is 5.43 Å². The first-order valence-corrected chi connectivity index (χ1v) is 3.38. The highest BCUT2D eigenvalue weighted by Crippen LogP contribution is 2.01. The van der Waals surface area contributed by atoms with Gasteiger partial charge in [0.05, 0.1) is 0 Å². The second-order valence-electron chi connectivity index (χ2n) is 2.36. The molecule has 2 aromatic rings. The Hall–Kier alpha value is -1.91. The number of nitrogens with zero attached hydrogens (tertiary/aromatic N) is 3. The fourth-order valence-electron chi connectivity index (χ4n) is 0.961. The van der Waals surface area contributed by atoms with Crippen molar-refractivity contribution < 1.29 is 0 Å². The number of fused-ring (bicyclic) bond motifs is 1. The van der Waals surface area contributed by atoms with E-state index in [0.29, 0.717) is 11.0 Å². The number of hydrogen-bond acceptors (Lipinski definition) is 4. The monoisotopic (exact) mass is 162 g/mol. The molecule has 1 aromatic heterocycles. The van der Waals surface area contributed by atoms with Gasteiger partial charge in [0.2, 0.25) is 0 Å². The molecule has 2 N–H and O–H groups in total. The van der Waals surface area contributed by atoms with E-state index in [9.17, 15) is 4.79 Å². The van der Waals surface area contributed by atoms with Gasteiger partial charge in [-0.2, -0.15) is 0 Å². The van der Waals surface area contributed by atoms with Gasteiger partial charge < -0.3 is 5.84 Å². The normalized spacial score (nSPS) is 10.3. The first kappa shape index (κ1) is 6.78. The Balaban J connectivity index is 2.90. The molecule has 1 heterocycles. The second-order valence-corrected chi connectivity index (χ2v) is 2.36. The molecule has 0 bridgehead atoms. The van der Waals surface area contributed by atoms with Crippen molar-refractivity contribution in [2.24, 2.45) is 0 Å². The molecule has 1 aromatic carbocycles. The molecule has 5 heteroatoms. The fourth-order valence-corrected chi connectivity index (χ4v) is 0.961. The van der Waals surface area contributed by atoms with E-state index in [2.05, 4.69) is 10.2 Å². The van der Waals surface area contributed by atoms with Gasteiger partial charge in [-0.05, 0) is 24.3 Å². The summed E-state index contributed by atoms with van der Waals surface area (Å²) in [5.41, 5.74) is 1.15. The van der Waals surface area contributed by atoms with Crippen LogP contribution in [0.25, 0.3) is 11.0 Å². The average Bonchev–Trinajstić information content (AvgIpc) is 2.31. The quantitative estimate of drug-likeness (QED) is 0.530. The fraction of sp³-hybridized carbons (Fsp3) is 0. The van der Waals surface area contributed by atoms with Crippen molar-refractivity contribution in [3.8, 4) is 0 Å². The molecule has 0 radical (unpaired) electrons. The van der Waals surface area contributed by atoms with Crippen molar-refractivity contribution in [3.63, 3.8) is 0 Å². The highest BCUT2D eigenvalue weighted by molar-refractivity contribution is 5.72. The molecule has 0 fully saturated rings. The van der Waals surface area contributed by atoms with Crippen LogP contribution in [0.1, 0.15) is 0 Å². The maximum atomic E-state index is 10.9. The Morgan fingerprint density at radius 2 is 1.58 bits per heavy atom. The maximum Gasteiger partial charge on any atom is 0.178 e. The third-order valence-electron chi connectivity index (χ3n) is 1.49. The summed E-state index contributed by atoms with van der Waals surface area (Å²) in [5.74, 6) is 5.29. The lowest BCUT2D eigenvalue weighted by atomic mass is 10.4. The van der Waals surface area contributed by atoms with Gasteiger partial charge in [0, 0.05) is 0 Å². The van der Waals surface area contributed by atoms with E-state index in [1.165, 1.54) is 12.1 Å². The molecule has 0 unspecified atom stereocenters. The van der Waals surface area contributed by atoms with E-state index in [1.54, 1.807) is 12.1 Å². The largest absolute Gasteiger partial charge is 0.306 e. The summed E-state index contributed by atoms with van der Waals surface area (Å²) in [4.78, 5) is 11.8. The molecular formula is C7H6N4O. The number of rotatable bonds is 0. The van der Waals surface area contributed by atoms with Crippen LogP contribution in [0.5, 0.6) is 0 Å². The van der Waals surface area contributed by atoms with Crippen molar-refractivity contribution >= 4 is 11.0 Å². The zero-order chi connectivity index (χ0) is 8.55. The molecule has 0 saturated heterocycles. The molecule has 60 valence electrons. The summed E-state index contributed by atoms with van der Waals surface area (Å²) in [7, 11) is 0. The van der Waals surface area contributed by atoms with E-state index >= 15 is 0 Å². The van der Waals surface area contributed by atoms with Gasteiger partial charge in [0.15, 0.2) is 5.43 Å². The SMILES string of the molecule is Nn1nc2ccc(=O)ccc2n1. The Bertz CT molecular complexity index is 436. The lowest BCUT2D eigenvalue weighted by Gasteiger charge is -1.78. The molecule has 0 spiro atoms. The smallest absolute Gasteiger partial charge is 0.178 e. The molecule has 0 saturated carbocycles. The minimum absolute atomic E-state index is 0.0710. The van der Waals surface area contributed by atoms with Crippen molar-refractivity contribution in [2.75, 3.05) is 5.84 Å². The van der Waals surface area contributed by atoms with E-state index < -0.39 is 0 Å². The van der Waals surface area contributed by atoms with Crippen molar-refractivity contribution in [1.82, 2.24) is 15.1 Å². The lowest BCUT2D eigenvalue weighted by Crippen LogP contribution is -2.11. The van der Waals surface area contributed by atoms with Crippen LogP contribution < -0.4 is 11.3 Å². The van der Waals surface area contributed by atoms with Crippen LogP contribution in [0.2, 0.25) is 0 Å². The number of nitrogen functional groups attached to an aromatic ring is 1. The van der Waals surface area contributed by atoms with E-state index in [1.807, 2.05) is 0 Å². The number of hydrogen-bond donors (Lipinski definition) is 1. The molecule has 0 aliphatic carbocycles. The van der Waals surface area contributed by atoms with Crippen molar-refractivity contribution in [3.05, 3.63) is 34.5 Å². The zero-order valence-corrected chi connectivity index (χ0v) is 6.14. The van der Waals surface area contributed by atoms with Crippen LogP contribution in [0, 0.1) is 0 Å². The maximum absolute atomic E-state index is 10.9. The van der Waals surface area contributed by atoms with Gasteiger partial charge in [-0.25, -0.2) is 0 Å². The van der Waals surface area contributed by atoms with Crippen LogP contribution in [0.15, 0.2) is 29.1 Å². The highest BCUT2D eigenvalue weighted by atomic mass is 16.1. The molecule has 0 aliphatic rings. The Labute approximate surface area is 67.4 Å². The van der Waals surface area contributed by atoms with Crippen LogP contribution in [0.4, 0.5) is 0 Å². The van der Waals surface area contributed by atoms with E-state index in [4.69, 9.17) is 5.84 Å². The van der Waals surface area contributed by atoms with Gasteiger partial charge in [0.1, 0.15) is 11.0 Å². The third kappa shape index (κ3) is 1.01. The van der Waals surface area contributed by atoms with Gasteiger partial charge in [0.25, 0.3) is 0 Å². The minimum atomic E-state index is -0.0710. The van der Waals surface area contributed by atoms with Crippen molar-refractivity contribution in [1.29, 1.82) is 0 Å². The molecule has 5 nitrogen and oxygen atoms in total. The Morgan fingerprint density at radius 3 is 2.08 bits per heavy atom. The first-order chi connectivity index (χ1) is 5.75. The zero-order valence-electron chi connectivity index (χ0n) is 6.14. The molecular weight excluding hydrogens is 156 g/mol. The molecule has 2 rings (SSSR count). The highest BCUT2D eigenvalue weighted by Gasteiger charge is 1.96. The number of aromatic nitrogens is 3. The second kappa shape index (κ2) is 2.30.